The number of hydrogen-bond acceptors (Lipinski definition) is 3. The van der Waals surface area contributed by atoms with Gasteiger partial charge in [0.15, 0.2) is 0 Å². The molecule has 2 aromatic rings. The zero-order valence-electron chi connectivity index (χ0n) is 17.4. The molecule has 0 saturated carbocycles. The third kappa shape index (κ3) is 4.33. The van der Waals surface area contributed by atoms with Crippen LogP contribution in [0, 0.1) is 5.92 Å². The predicted octanol–water partition coefficient (Wildman–Crippen LogP) is 3.20. The van der Waals surface area contributed by atoms with Crippen LogP contribution in [0.5, 0.6) is 0 Å². The van der Waals surface area contributed by atoms with Crippen LogP contribution >= 0.6 is 0 Å². The molecule has 0 unspecified atom stereocenters. The molecule has 0 spiro atoms. The molecule has 4 rings (SSSR count). The molecule has 0 saturated heterocycles. The fourth-order valence-corrected chi connectivity index (χ4v) is 4.38. The molecule has 0 bridgehead atoms. The van der Waals surface area contributed by atoms with Crippen LogP contribution in [0.4, 0.5) is 0 Å². The fourth-order valence-electron chi connectivity index (χ4n) is 4.38. The van der Waals surface area contributed by atoms with Crippen molar-refractivity contribution >= 4 is 28.3 Å². The quantitative estimate of drug-likeness (QED) is 0.760. The number of fused-ring (bicyclic) bond motifs is 2. The molecule has 0 radical (unpaired) electrons. The number of benzene rings is 1. The van der Waals surface area contributed by atoms with Crippen molar-refractivity contribution in [1.29, 1.82) is 0 Å². The summed E-state index contributed by atoms with van der Waals surface area (Å²) in [7, 11) is 2.15. The van der Waals surface area contributed by atoms with Gasteiger partial charge >= 0.3 is 0 Å². The monoisotopic (exact) mass is 410 g/mol. The van der Waals surface area contributed by atoms with E-state index in [0.717, 1.165) is 32.1 Å². The van der Waals surface area contributed by atoms with Crippen molar-refractivity contribution in [3.8, 4) is 0 Å². The predicted molar refractivity (Wildman–Crippen MR) is 124 cm³/mol. The first-order valence-corrected chi connectivity index (χ1v) is 10.1. The van der Waals surface area contributed by atoms with Crippen molar-refractivity contribution in [1.82, 2.24) is 14.8 Å². The fraction of sp³-hybridized carbons (Fsp3) is 0.417. The smallest absolute Gasteiger partial charge is 0.240 e. The number of nitrogens with zero attached hydrogens (tertiary/aromatic N) is 2. The Balaban J connectivity index is 0.000000482. The Labute approximate surface area is 179 Å². The van der Waals surface area contributed by atoms with Gasteiger partial charge in [0.1, 0.15) is 0 Å². The lowest BCUT2D eigenvalue weighted by molar-refractivity contribution is -0.134. The number of carbonyl (C=O) groups is 2. The van der Waals surface area contributed by atoms with Gasteiger partial charge in [-0.2, -0.15) is 0 Å². The molecule has 0 fully saturated rings. The van der Waals surface area contributed by atoms with Gasteiger partial charge in [0.2, 0.25) is 11.8 Å². The summed E-state index contributed by atoms with van der Waals surface area (Å²) < 4.78 is 0. The maximum absolute atomic E-state index is 12.9. The Morgan fingerprint density at radius 1 is 1.33 bits per heavy atom. The average molecular weight is 411 g/mol. The van der Waals surface area contributed by atoms with Crippen LogP contribution in [0.25, 0.3) is 16.5 Å². The van der Waals surface area contributed by atoms with E-state index in [-0.39, 0.29) is 19.3 Å². The van der Waals surface area contributed by atoms with Crippen LogP contribution in [0.1, 0.15) is 32.4 Å². The first-order chi connectivity index (χ1) is 13.9. The Hall–Kier alpha value is -2.86. The summed E-state index contributed by atoms with van der Waals surface area (Å²) in [6.07, 6.45) is 6.47. The molecule has 2 heterocycles. The highest BCUT2D eigenvalue weighted by molar-refractivity contribution is 5.99. The van der Waals surface area contributed by atoms with Crippen LogP contribution in [0.2, 0.25) is 0 Å². The second kappa shape index (κ2) is 9.76. The van der Waals surface area contributed by atoms with Crippen molar-refractivity contribution in [2.75, 3.05) is 26.7 Å². The zero-order valence-corrected chi connectivity index (χ0v) is 17.4. The largest absolute Gasteiger partial charge is 0.366 e. The van der Waals surface area contributed by atoms with Crippen LogP contribution in [-0.2, 0) is 16.0 Å². The number of amides is 2. The maximum Gasteiger partial charge on any atom is 0.240 e. The van der Waals surface area contributed by atoms with Crippen LogP contribution in [-0.4, -0.2) is 59.3 Å². The van der Waals surface area contributed by atoms with Gasteiger partial charge in [-0.25, -0.2) is 0 Å². The highest BCUT2D eigenvalue weighted by atomic mass is 16.2. The van der Waals surface area contributed by atoms with E-state index in [1.54, 1.807) is 0 Å². The third-order valence-corrected chi connectivity index (χ3v) is 5.86. The molecule has 2 atom stereocenters. The van der Waals surface area contributed by atoms with Gasteiger partial charge in [-0.15, -0.1) is 0 Å². The lowest BCUT2D eigenvalue weighted by Gasteiger charge is -2.40. The summed E-state index contributed by atoms with van der Waals surface area (Å²) in [5.41, 5.74) is 9.74. The molecule has 6 heteroatoms. The van der Waals surface area contributed by atoms with E-state index in [2.05, 4.69) is 73.6 Å². The number of H-pyrrole nitrogens is 1. The van der Waals surface area contributed by atoms with Gasteiger partial charge in [-0.05, 0) is 56.2 Å². The lowest BCUT2D eigenvalue weighted by atomic mass is 9.79. The summed E-state index contributed by atoms with van der Waals surface area (Å²) >= 11 is 0. The van der Waals surface area contributed by atoms with Gasteiger partial charge in [-0.1, -0.05) is 32.2 Å². The van der Waals surface area contributed by atoms with Gasteiger partial charge in [-0.3, -0.25) is 14.5 Å². The van der Waals surface area contributed by atoms with Crippen LogP contribution in [0.3, 0.4) is 0 Å². The minimum atomic E-state index is -0.481. The molecule has 1 aliphatic heterocycles. The first-order valence-electron chi connectivity index (χ1n) is 10.1. The molecule has 2 aliphatic rings. The van der Waals surface area contributed by atoms with Crippen LogP contribution < -0.4 is 5.73 Å². The molecule has 1 aromatic carbocycles. The topological polar surface area (TPSA) is 82.4 Å². The van der Waals surface area contributed by atoms with Gasteiger partial charge < -0.3 is 15.6 Å². The molecule has 3 N–H and O–H groups in total. The first kappa shape index (κ1) is 23.4. The van der Waals surface area contributed by atoms with E-state index in [0.29, 0.717) is 6.04 Å². The van der Waals surface area contributed by atoms with Crippen LogP contribution in [0.15, 0.2) is 43.1 Å². The summed E-state index contributed by atoms with van der Waals surface area (Å²) in [5.74, 6) is -0.272. The van der Waals surface area contributed by atoms with Gasteiger partial charge in [0, 0.05) is 42.8 Å². The highest BCUT2D eigenvalue weighted by Gasteiger charge is 2.36. The number of hydrogen-bond donors (Lipinski definition) is 2. The number of nitrogens with two attached hydrogens (primary N) is 1. The summed E-state index contributed by atoms with van der Waals surface area (Å²) in [4.78, 5) is 30.0. The van der Waals surface area contributed by atoms with Crippen molar-refractivity contribution in [2.45, 2.75) is 33.7 Å². The second-order valence-electron chi connectivity index (χ2n) is 7.55. The summed E-state index contributed by atoms with van der Waals surface area (Å²) in [6, 6.07) is 6.82. The number of nitrogens with one attached hydrogen (secondary N) is 1. The Bertz CT molecular complexity index is 955. The zero-order chi connectivity index (χ0) is 21.1. The number of likely N-dealkylation sites (N-methyl/N-ethyl adjacent to an activating group) is 1. The molecule has 1 aliphatic carbocycles. The average Bonchev–Trinajstić information content (AvgIpc) is 3.14. The minimum absolute atomic E-state index is 0. The summed E-state index contributed by atoms with van der Waals surface area (Å²) in [5, 5.41) is 1.34. The molecule has 1 aromatic heterocycles. The van der Waals surface area contributed by atoms with Gasteiger partial charge in [0.25, 0.3) is 0 Å². The van der Waals surface area contributed by atoms with E-state index < -0.39 is 5.91 Å². The summed E-state index contributed by atoms with van der Waals surface area (Å²) in [6.45, 7) is 9.55. The van der Waals surface area contributed by atoms with E-state index in [1.165, 1.54) is 27.6 Å². The number of rotatable bonds is 4. The number of carbonyl (C=O) groups excluding carboxylic acids is 2. The van der Waals surface area contributed by atoms with E-state index in [1.807, 2.05) is 4.90 Å². The van der Waals surface area contributed by atoms with Crippen molar-refractivity contribution in [2.24, 2.45) is 11.7 Å². The maximum atomic E-state index is 12.9. The molecule has 6 nitrogen and oxygen atoms in total. The third-order valence-electron chi connectivity index (χ3n) is 5.86. The normalized spacial score (nSPS) is 19.5. The Kier molecular flexibility index (Phi) is 7.62. The molecular formula is C24H34N4O2. The van der Waals surface area contributed by atoms with Crippen molar-refractivity contribution in [3.05, 3.63) is 54.3 Å². The van der Waals surface area contributed by atoms with E-state index in [4.69, 9.17) is 0 Å². The number of aromatic nitrogens is 1. The van der Waals surface area contributed by atoms with Crippen molar-refractivity contribution < 1.29 is 9.59 Å². The standard InChI is InChI=1S/C20H25N3O.C3H5NO.CH4/c1-4-23(5-2)20(24)14-9-16-15-7-6-8-17-19(15)13(11-21-17)10-18(16)22(3)12-14;1-2-3(4)5;/h6-9,11,14,18,21H,4-5,10,12H2,1-3H3;2H,1H2,(H2,4,5);1H4/t14-,18-;;/m1../s1. The van der Waals surface area contributed by atoms with E-state index >= 15 is 0 Å². The SMILES string of the molecule is C.C=CC(N)=O.CCN(CC)C(=O)[C@@H]1C=C2c3cccc4[nH]cc(c34)C[C@H]2N(C)C1. The molecular weight excluding hydrogens is 376 g/mol. The minimum Gasteiger partial charge on any atom is -0.366 e. The number of primary amides is 1. The molecule has 162 valence electrons. The number of aromatic amines is 1. The Morgan fingerprint density at radius 3 is 2.60 bits per heavy atom. The Morgan fingerprint density at radius 2 is 2.00 bits per heavy atom. The molecule has 30 heavy (non-hydrogen) atoms. The molecule has 2 amide bonds. The van der Waals surface area contributed by atoms with E-state index in [9.17, 15) is 9.59 Å². The van der Waals surface area contributed by atoms with Crippen molar-refractivity contribution in [3.63, 3.8) is 0 Å². The second-order valence-corrected chi connectivity index (χ2v) is 7.55. The van der Waals surface area contributed by atoms with Gasteiger partial charge in [0.05, 0.1) is 5.92 Å². The highest BCUT2D eigenvalue weighted by Crippen LogP contribution is 2.40. The lowest BCUT2D eigenvalue weighted by Crippen LogP contribution is -2.47.